The van der Waals surface area contributed by atoms with Crippen molar-refractivity contribution in [3.8, 4) is 0 Å². The lowest BCUT2D eigenvalue weighted by molar-refractivity contribution is -0.113. The number of amides is 2. The highest BCUT2D eigenvalue weighted by molar-refractivity contribution is 9.10. The predicted molar refractivity (Wildman–Crippen MR) is 136 cm³/mol. The van der Waals surface area contributed by atoms with Crippen LogP contribution in [0.5, 0.6) is 0 Å². The number of carbonyl (C=O) groups excluding carboxylic acids is 2. The van der Waals surface area contributed by atoms with E-state index in [1.165, 1.54) is 11.8 Å². The van der Waals surface area contributed by atoms with Crippen LogP contribution >= 0.6 is 27.7 Å². The molecule has 3 aromatic rings. The molecule has 0 bridgehead atoms. The summed E-state index contributed by atoms with van der Waals surface area (Å²) in [7, 11) is 0. The number of halogens is 1. The third kappa shape index (κ3) is 6.33. The van der Waals surface area contributed by atoms with Gasteiger partial charge in [0.1, 0.15) is 0 Å². The van der Waals surface area contributed by atoms with Crippen LogP contribution in [0.15, 0.2) is 64.7 Å². The van der Waals surface area contributed by atoms with Gasteiger partial charge in [0, 0.05) is 22.3 Å². The lowest BCUT2D eigenvalue weighted by Crippen LogP contribution is -2.29. The lowest BCUT2D eigenvalue weighted by Gasteiger charge is -2.16. The van der Waals surface area contributed by atoms with E-state index in [0.717, 1.165) is 21.3 Å². The first-order chi connectivity index (χ1) is 15.8. The number of aryl methyl sites for hydroxylation is 2. The van der Waals surface area contributed by atoms with E-state index in [1.54, 1.807) is 12.1 Å². The van der Waals surface area contributed by atoms with Crippen LogP contribution in [0.2, 0.25) is 0 Å². The Hall–Kier alpha value is -2.91. The number of allylic oxidation sites excluding steroid dienone is 1. The highest BCUT2D eigenvalue weighted by atomic mass is 79.9. The first kappa shape index (κ1) is 24.7. The third-order valence-corrected chi connectivity index (χ3v) is 6.44. The Morgan fingerprint density at radius 3 is 2.64 bits per heavy atom. The molecule has 0 unspecified atom stereocenters. The van der Waals surface area contributed by atoms with Crippen molar-refractivity contribution >= 4 is 45.2 Å². The van der Waals surface area contributed by atoms with Gasteiger partial charge in [0.15, 0.2) is 11.0 Å². The molecule has 1 aromatic heterocycles. The van der Waals surface area contributed by atoms with E-state index < -0.39 is 0 Å². The lowest BCUT2D eigenvalue weighted by atomic mass is 10.1. The van der Waals surface area contributed by atoms with Crippen LogP contribution in [0, 0.1) is 13.8 Å². The molecule has 0 aliphatic carbocycles. The van der Waals surface area contributed by atoms with Gasteiger partial charge in [-0.2, -0.15) is 0 Å². The van der Waals surface area contributed by atoms with Crippen LogP contribution in [0.1, 0.15) is 40.3 Å². The van der Waals surface area contributed by atoms with E-state index in [4.69, 9.17) is 0 Å². The molecule has 9 heteroatoms. The fraction of sp³-hybridized carbons (Fsp3) is 0.250. The molecule has 1 heterocycles. The Morgan fingerprint density at radius 2 is 1.94 bits per heavy atom. The molecule has 1 atom stereocenters. The van der Waals surface area contributed by atoms with Gasteiger partial charge in [-0.3, -0.25) is 9.59 Å². The van der Waals surface area contributed by atoms with Crippen molar-refractivity contribution in [3.05, 3.63) is 82.1 Å². The average Bonchev–Trinajstić information content (AvgIpc) is 3.17. The Morgan fingerprint density at radius 1 is 1.18 bits per heavy atom. The summed E-state index contributed by atoms with van der Waals surface area (Å²) >= 11 is 4.71. The molecule has 2 amide bonds. The molecular formula is C24H26BrN5O2S. The van der Waals surface area contributed by atoms with Crippen molar-refractivity contribution in [2.75, 3.05) is 11.1 Å². The number of thioether (sulfide) groups is 1. The van der Waals surface area contributed by atoms with Crippen LogP contribution in [-0.2, 0) is 11.3 Å². The minimum absolute atomic E-state index is 0.138. The second kappa shape index (κ2) is 11.3. The monoisotopic (exact) mass is 527 g/mol. The second-order valence-corrected chi connectivity index (χ2v) is 9.40. The quantitative estimate of drug-likeness (QED) is 0.299. The summed E-state index contributed by atoms with van der Waals surface area (Å²) in [5, 5.41) is 15.0. The van der Waals surface area contributed by atoms with E-state index in [0.29, 0.717) is 23.1 Å². The van der Waals surface area contributed by atoms with Crippen molar-refractivity contribution < 1.29 is 9.59 Å². The normalized spacial score (nSPS) is 11.6. The number of benzene rings is 2. The van der Waals surface area contributed by atoms with Gasteiger partial charge < -0.3 is 15.2 Å². The summed E-state index contributed by atoms with van der Waals surface area (Å²) in [6, 6.07) is 12.7. The fourth-order valence-corrected chi connectivity index (χ4v) is 4.51. The predicted octanol–water partition coefficient (Wildman–Crippen LogP) is 5.07. The molecule has 172 valence electrons. The van der Waals surface area contributed by atoms with E-state index in [1.807, 2.05) is 61.7 Å². The maximum Gasteiger partial charge on any atom is 0.252 e. The van der Waals surface area contributed by atoms with Crippen molar-refractivity contribution in [2.45, 2.75) is 38.5 Å². The molecular weight excluding hydrogens is 502 g/mol. The average molecular weight is 528 g/mol. The summed E-state index contributed by atoms with van der Waals surface area (Å²) in [6.45, 7) is 9.96. The summed E-state index contributed by atoms with van der Waals surface area (Å²) in [4.78, 5) is 25.2. The summed E-state index contributed by atoms with van der Waals surface area (Å²) < 4.78 is 2.82. The molecule has 0 saturated heterocycles. The van der Waals surface area contributed by atoms with Crippen molar-refractivity contribution in [2.24, 2.45) is 0 Å². The Balaban J connectivity index is 1.68. The highest BCUT2D eigenvalue weighted by Gasteiger charge is 2.21. The maximum absolute atomic E-state index is 12.7. The fourth-order valence-electron chi connectivity index (χ4n) is 3.28. The zero-order valence-corrected chi connectivity index (χ0v) is 21.2. The molecule has 2 N–H and O–H groups in total. The van der Waals surface area contributed by atoms with Gasteiger partial charge in [-0.05, 0) is 56.2 Å². The van der Waals surface area contributed by atoms with Crippen LogP contribution in [0.25, 0.3) is 0 Å². The van der Waals surface area contributed by atoms with Crippen LogP contribution < -0.4 is 10.6 Å². The van der Waals surface area contributed by atoms with Crippen LogP contribution in [0.4, 0.5) is 5.69 Å². The molecule has 0 spiro atoms. The molecule has 33 heavy (non-hydrogen) atoms. The maximum atomic E-state index is 12.7. The largest absolute Gasteiger partial charge is 0.342 e. The third-order valence-electron chi connectivity index (χ3n) is 4.98. The minimum Gasteiger partial charge on any atom is -0.342 e. The standard InChI is InChI=1S/C24H26BrN5O2S/c1-5-12-30-22(17(4)26-23(32)19-9-7-6-8-15(19)2)28-29-24(30)33-14-21(31)27-20-11-10-18(25)13-16(20)3/h5-11,13,17H,1,12,14H2,2-4H3,(H,26,32)(H,27,31)/t17-/m0/s1. The first-order valence-electron chi connectivity index (χ1n) is 10.4. The van der Waals surface area contributed by atoms with Gasteiger partial charge in [-0.15, -0.1) is 16.8 Å². The first-order valence-corrected chi connectivity index (χ1v) is 12.2. The Kier molecular flexibility index (Phi) is 8.46. The molecule has 7 nitrogen and oxygen atoms in total. The van der Waals surface area contributed by atoms with E-state index >= 15 is 0 Å². The van der Waals surface area contributed by atoms with E-state index in [-0.39, 0.29) is 23.6 Å². The summed E-state index contributed by atoms with van der Waals surface area (Å²) in [5.41, 5.74) is 3.26. The van der Waals surface area contributed by atoms with E-state index in [9.17, 15) is 9.59 Å². The number of anilines is 1. The number of aromatic nitrogens is 3. The molecule has 0 radical (unpaired) electrons. The number of nitrogens with one attached hydrogen (secondary N) is 2. The van der Waals surface area contributed by atoms with Gasteiger partial charge in [0.25, 0.3) is 5.91 Å². The van der Waals surface area contributed by atoms with Crippen LogP contribution in [-0.4, -0.2) is 32.3 Å². The number of rotatable bonds is 9. The molecule has 2 aromatic carbocycles. The smallest absolute Gasteiger partial charge is 0.252 e. The summed E-state index contributed by atoms with van der Waals surface area (Å²) in [5.74, 6) is 0.464. The van der Waals surface area contributed by atoms with Crippen molar-refractivity contribution in [1.29, 1.82) is 0 Å². The van der Waals surface area contributed by atoms with Gasteiger partial charge in [-0.25, -0.2) is 0 Å². The molecule has 0 saturated carbocycles. The Bertz CT molecular complexity index is 1180. The van der Waals surface area contributed by atoms with Gasteiger partial charge in [0.05, 0.1) is 11.8 Å². The minimum atomic E-state index is -0.377. The summed E-state index contributed by atoms with van der Waals surface area (Å²) in [6.07, 6.45) is 1.73. The molecule has 3 rings (SSSR count). The van der Waals surface area contributed by atoms with E-state index in [2.05, 4.69) is 43.3 Å². The number of hydrogen-bond donors (Lipinski definition) is 2. The molecule has 0 aliphatic rings. The zero-order chi connectivity index (χ0) is 24.0. The topological polar surface area (TPSA) is 88.9 Å². The van der Waals surface area contributed by atoms with Crippen molar-refractivity contribution in [1.82, 2.24) is 20.1 Å². The Labute approximate surface area is 206 Å². The molecule has 0 fully saturated rings. The van der Waals surface area contributed by atoms with Gasteiger partial charge in [0.2, 0.25) is 5.91 Å². The van der Waals surface area contributed by atoms with Crippen molar-refractivity contribution in [3.63, 3.8) is 0 Å². The van der Waals surface area contributed by atoms with Crippen LogP contribution in [0.3, 0.4) is 0 Å². The zero-order valence-electron chi connectivity index (χ0n) is 18.8. The number of carbonyl (C=O) groups is 2. The van der Waals surface area contributed by atoms with Gasteiger partial charge >= 0.3 is 0 Å². The second-order valence-electron chi connectivity index (χ2n) is 7.55. The number of hydrogen-bond acceptors (Lipinski definition) is 5. The molecule has 0 aliphatic heterocycles. The van der Waals surface area contributed by atoms with Gasteiger partial charge in [-0.1, -0.05) is 52.0 Å². The number of nitrogens with zero attached hydrogens (tertiary/aromatic N) is 3. The highest BCUT2D eigenvalue weighted by Crippen LogP contribution is 2.23. The SMILES string of the molecule is C=CCn1c(SCC(=O)Nc2ccc(Br)cc2C)nnc1[C@H](C)NC(=O)c1ccccc1C.